The van der Waals surface area contributed by atoms with Crippen LogP contribution in [0.3, 0.4) is 0 Å². The Morgan fingerprint density at radius 1 is 1.22 bits per heavy atom. The van der Waals surface area contributed by atoms with Gasteiger partial charge in [0.15, 0.2) is 5.78 Å². The fourth-order valence-corrected chi connectivity index (χ4v) is 6.64. The highest BCUT2D eigenvalue weighted by Crippen LogP contribution is 2.63. The Kier molecular flexibility index (Phi) is 3.44. The highest BCUT2D eigenvalue weighted by Gasteiger charge is 2.56. The van der Waals surface area contributed by atoms with Gasteiger partial charge in [-0.3, -0.25) is 9.59 Å². The van der Waals surface area contributed by atoms with Crippen LogP contribution in [0.2, 0.25) is 0 Å². The molecule has 4 aliphatic carbocycles. The second kappa shape index (κ2) is 5.16. The van der Waals surface area contributed by atoms with Gasteiger partial charge in [0, 0.05) is 12.3 Å². The van der Waals surface area contributed by atoms with Crippen LogP contribution in [0.25, 0.3) is 0 Å². The first-order valence-electron chi connectivity index (χ1n) is 9.35. The number of allylic oxidation sites excluding steroid dienone is 4. The number of hydrogen-bond acceptors (Lipinski definition) is 2. The summed E-state index contributed by atoms with van der Waals surface area (Å²) in [6.07, 6.45) is 10.9. The van der Waals surface area contributed by atoms with Gasteiger partial charge in [0.05, 0.1) is 0 Å². The lowest BCUT2D eigenvalue weighted by Crippen LogP contribution is -2.46. The van der Waals surface area contributed by atoms with Crippen LogP contribution in [-0.4, -0.2) is 11.6 Å². The van der Waals surface area contributed by atoms with Gasteiger partial charge in [-0.05, 0) is 86.7 Å². The Balaban J connectivity index is 1.72. The first-order valence-corrected chi connectivity index (χ1v) is 9.35. The van der Waals surface area contributed by atoms with Crippen molar-refractivity contribution in [3.05, 3.63) is 23.3 Å². The molecule has 0 saturated heterocycles. The van der Waals surface area contributed by atoms with E-state index in [1.54, 1.807) is 6.92 Å². The van der Waals surface area contributed by atoms with Crippen molar-refractivity contribution in [2.24, 2.45) is 35.0 Å². The minimum atomic E-state index is 0.204. The SMILES string of the molecule is CC(=O)[C@H]1CCC2[C@@H]3C=C(C)C4=CC(=O)CC[C@@H]4C3CC[C@@]21C. The molecule has 0 amide bonds. The number of carbonyl (C=O) groups is 2. The molecule has 0 aromatic heterocycles. The van der Waals surface area contributed by atoms with E-state index in [0.29, 0.717) is 35.2 Å². The summed E-state index contributed by atoms with van der Waals surface area (Å²) in [7, 11) is 0. The lowest BCUT2D eigenvalue weighted by Gasteiger charge is -2.52. The Bertz CT molecular complexity index is 626. The van der Waals surface area contributed by atoms with Crippen LogP contribution < -0.4 is 0 Å². The number of Topliss-reactive ketones (excluding diaryl/α,β-unsaturated/α-hetero) is 1. The van der Waals surface area contributed by atoms with Crippen LogP contribution in [0.15, 0.2) is 23.3 Å². The van der Waals surface area contributed by atoms with Crippen LogP contribution in [0.5, 0.6) is 0 Å². The Labute approximate surface area is 139 Å². The van der Waals surface area contributed by atoms with Crippen molar-refractivity contribution in [1.29, 1.82) is 0 Å². The third kappa shape index (κ3) is 2.13. The molecule has 6 atom stereocenters. The molecule has 0 radical (unpaired) electrons. The highest BCUT2D eigenvalue weighted by atomic mass is 16.1. The van der Waals surface area contributed by atoms with Gasteiger partial charge >= 0.3 is 0 Å². The molecule has 23 heavy (non-hydrogen) atoms. The molecule has 0 heterocycles. The second-order valence-electron chi connectivity index (χ2n) is 8.69. The Morgan fingerprint density at radius 2 is 2.00 bits per heavy atom. The van der Waals surface area contributed by atoms with Crippen molar-refractivity contribution in [3.8, 4) is 0 Å². The summed E-state index contributed by atoms with van der Waals surface area (Å²) >= 11 is 0. The fourth-order valence-electron chi connectivity index (χ4n) is 6.64. The first-order chi connectivity index (χ1) is 10.9. The van der Waals surface area contributed by atoms with Gasteiger partial charge in [-0.1, -0.05) is 18.6 Å². The van der Waals surface area contributed by atoms with Crippen LogP contribution in [0, 0.1) is 35.0 Å². The lowest BCUT2D eigenvalue weighted by atomic mass is 9.52. The molecule has 2 heteroatoms. The molecule has 2 nitrogen and oxygen atoms in total. The zero-order chi connectivity index (χ0) is 16.4. The zero-order valence-corrected chi connectivity index (χ0v) is 14.6. The standard InChI is InChI=1S/C21H28O2/c1-12-10-18-16(15-5-4-14(23)11-17(12)15)8-9-21(3)19(13(2)22)6-7-20(18)21/h10-11,15-16,18-20H,4-9H2,1-3H3/t15-,16?,18-,19-,20?,21-/m1/s1. The monoisotopic (exact) mass is 312 g/mol. The van der Waals surface area contributed by atoms with Crippen LogP contribution >= 0.6 is 0 Å². The molecule has 0 aromatic carbocycles. The molecule has 124 valence electrons. The Morgan fingerprint density at radius 3 is 2.74 bits per heavy atom. The fraction of sp³-hybridized carbons (Fsp3) is 0.714. The number of ketones is 2. The second-order valence-corrected chi connectivity index (χ2v) is 8.69. The number of rotatable bonds is 1. The number of fused-ring (bicyclic) bond motifs is 5. The summed E-state index contributed by atoms with van der Waals surface area (Å²) in [4.78, 5) is 24.0. The summed E-state index contributed by atoms with van der Waals surface area (Å²) < 4.78 is 0. The largest absolute Gasteiger partial charge is 0.300 e. The number of hydrogen-bond donors (Lipinski definition) is 0. The van der Waals surface area contributed by atoms with Gasteiger partial charge in [-0.15, -0.1) is 0 Å². The molecule has 2 fully saturated rings. The van der Waals surface area contributed by atoms with E-state index in [0.717, 1.165) is 19.3 Å². The topological polar surface area (TPSA) is 34.1 Å². The molecule has 0 aromatic rings. The van der Waals surface area contributed by atoms with E-state index >= 15 is 0 Å². The lowest BCUT2D eigenvalue weighted by molar-refractivity contribution is -0.126. The summed E-state index contributed by atoms with van der Waals surface area (Å²) in [5, 5.41) is 0. The van der Waals surface area contributed by atoms with E-state index in [1.165, 1.54) is 30.4 Å². The molecular weight excluding hydrogens is 284 g/mol. The summed E-state index contributed by atoms with van der Waals surface area (Å²) in [6.45, 7) is 6.36. The van der Waals surface area contributed by atoms with E-state index in [-0.39, 0.29) is 11.3 Å². The zero-order valence-electron chi connectivity index (χ0n) is 14.6. The summed E-state index contributed by atoms with van der Waals surface area (Å²) in [6, 6.07) is 0. The molecule has 4 rings (SSSR count). The van der Waals surface area contributed by atoms with E-state index in [9.17, 15) is 9.59 Å². The van der Waals surface area contributed by atoms with E-state index < -0.39 is 0 Å². The van der Waals surface area contributed by atoms with Gasteiger partial charge < -0.3 is 0 Å². The smallest absolute Gasteiger partial charge is 0.156 e. The van der Waals surface area contributed by atoms with Crippen molar-refractivity contribution < 1.29 is 9.59 Å². The molecule has 4 aliphatic rings. The molecule has 0 aliphatic heterocycles. The quantitative estimate of drug-likeness (QED) is 0.714. The van der Waals surface area contributed by atoms with Crippen molar-refractivity contribution in [3.63, 3.8) is 0 Å². The normalized spacial score (nSPS) is 45.5. The van der Waals surface area contributed by atoms with Crippen molar-refractivity contribution in [1.82, 2.24) is 0 Å². The maximum absolute atomic E-state index is 12.1. The Hall–Kier alpha value is -1.18. The first kappa shape index (κ1) is 15.4. The van der Waals surface area contributed by atoms with Gasteiger partial charge in [0.25, 0.3) is 0 Å². The average molecular weight is 312 g/mol. The molecule has 2 saturated carbocycles. The average Bonchev–Trinajstić information content (AvgIpc) is 2.85. The van der Waals surface area contributed by atoms with Gasteiger partial charge in [0.2, 0.25) is 0 Å². The van der Waals surface area contributed by atoms with Crippen molar-refractivity contribution in [2.75, 3.05) is 0 Å². The van der Waals surface area contributed by atoms with Gasteiger partial charge in [0.1, 0.15) is 5.78 Å². The van der Waals surface area contributed by atoms with Crippen molar-refractivity contribution in [2.45, 2.75) is 59.3 Å². The molecule has 0 N–H and O–H groups in total. The third-order valence-electron chi connectivity index (χ3n) is 7.71. The minimum absolute atomic E-state index is 0.204. The van der Waals surface area contributed by atoms with Gasteiger partial charge in [-0.25, -0.2) is 0 Å². The predicted molar refractivity (Wildman–Crippen MR) is 90.8 cm³/mol. The molecular formula is C21H28O2. The minimum Gasteiger partial charge on any atom is -0.300 e. The van der Waals surface area contributed by atoms with Gasteiger partial charge in [-0.2, -0.15) is 0 Å². The summed E-state index contributed by atoms with van der Waals surface area (Å²) in [5.41, 5.74) is 2.86. The molecule has 0 spiro atoms. The number of carbonyl (C=O) groups excluding carboxylic acids is 2. The predicted octanol–water partition coefficient (Wildman–Crippen LogP) is 4.50. The van der Waals surface area contributed by atoms with E-state index in [4.69, 9.17) is 0 Å². The highest BCUT2D eigenvalue weighted by molar-refractivity contribution is 5.92. The van der Waals surface area contributed by atoms with Crippen LogP contribution in [-0.2, 0) is 9.59 Å². The maximum Gasteiger partial charge on any atom is 0.156 e. The van der Waals surface area contributed by atoms with Crippen LogP contribution in [0.4, 0.5) is 0 Å². The third-order valence-corrected chi connectivity index (χ3v) is 7.71. The summed E-state index contributed by atoms with van der Waals surface area (Å²) in [5.74, 6) is 3.53. The molecule has 2 unspecified atom stereocenters. The molecule has 0 bridgehead atoms. The van der Waals surface area contributed by atoms with Crippen molar-refractivity contribution >= 4 is 11.6 Å². The maximum atomic E-state index is 12.1. The van der Waals surface area contributed by atoms with Crippen LogP contribution in [0.1, 0.15) is 59.3 Å². The van der Waals surface area contributed by atoms with E-state index in [1.807, 2.05) is 6.08 Å². The van der Waals surface area contributed by atoms with E-state index in [2.05, 4.69) is 19.9 Å².